The van der Waals surface area contributed by atoms with Gasteiger partial charge >= 0.3 is 0 Å². The van der Waals surface area contributed by atoms with Crippen molar-refractivity contribution in [1.29, 1.82) is 0 Å². The number of hydrogen-bond acceptors (Lipinski definition) is 2. The van der Waals surface area contributed by atoms with Crippen LogP contribution < -0.4 is 5.32 Å². The van der Waals surface area contributed by atoms with E-state index in [9.17, 15) is 0 Å². The van der Waals surface area contributed by atoms with E-state index in [0.717, 1.165) is 5.25 Å². The van der Waals surface area contributed by atoms with Gasteiger partial charge in [0.2, 0.25) is 0 Å². The first kappa shape index (κ1) is 12.6. The number of rotatable bonds is 5. The first-order valence-electron chi connectivity index (χ1n) is 7.27. The van der Waals surface area contributed by atoms with Crippen molar-refractivity contribution < 1.29 is 0 Å². The molecule has 3 rings (SSSR count). The Labute approximate surface area is 115 Å². The van der Waals surface area contributed by atoms with Gasteiger partial charge < -0.3 is 5.32 Å². The minimum Gasteiger partial charge on any atom is -0.315 e. The summed E-state index contributed by atoms with van der Waals surface area (Å²) in [6.45, 7) is 4.75. The topological polar surface area (TPSA) is 12.0 Å². The second-order valence-electron chi connectivity index (χ2n) is 5.89. The molecule has 1 aliphatic carbocycles. The number of thioether (sulfide) groups is 1. The third kappa shape index (κ3) is 2.46. The van der Waals surface area contributed by atoms with Gasteiger partial charge in [0, 0.05) is 23.2 Å². The Morgan fingerprint density at radius 2 is 2.17 bits per heavy atom. The van der Waals surface area contributed by atoms with Crippen molar-refractivity contribution in [3.8, 4) is 0 Å². The maximum atomic E-state index is 3.74. The van der Waals surface area contributed by atoms with Crippen molar-refractivity contribution in [3.05, 3.63) is 29.8 Å². The van der Waals surface area contributed by atoms with Gasteiger partial charge in [-0.2, -0.15) is 0 Å². The maximum absolute atomic E-state index is 3.74. The zero-order chi connectivity index (χ0) is 12.4. The quantitative estimate of drug-likeness (QED) is 0.863. The summed E-state index contributed by atoms with van der Waals surface area (Å²) < 4.78 is 0. The molecular formula is C16H23NS. The fraction of sp³-hybridized carbons (Fsp3) is 0.625. The molecule has 1 unspecified atom stereocenters. The Morgan fingerprint density at radius 3 is 2.83 bits per heavy atom. The van der Waals surface area contributed by atoms with Gasteiger partial charge in [-0.3, -0.25) is 0 Å². The molecule has 0 saturated heterocycles. The Balaban J connectivity index is 1.46. The monoisotopic (exact) mass is 261 g/mol. The van der Waals surface area contributed by atoms with Crippen molar-refractivity contribution in [3.63, 3.8) is 0 Å². The van der Waals surface area contributed by atoms with E-state index < -0.39 is 0 Å². The predicted octanol–water partition coefficient (Wildman–Crippen LogP) is 3.87. The Bertz CT molecular complexity index is 381. The standard InChI is InChI=1S/C16H23NS/c1-2-16(8-5-9-16)12-17-11-14-10-13-6-3-4-7-15(13)18-14/h3-4,6-7,14,17H,2,5,8-12H2,1H3. The summed E-state index contributed by atoms with van der Waals surface area (Å²) in [4.78, 5) is 1.50. The fourth-order valence-corrected chi connectivity index (χ4v) is 4.48. The Hall–Kier alpha value is -0.470. The largest absolute Gasteiger partial charge is 0.315 e. The molecule has 18 heavy (non-hydrogen) atoms. The highest BCUT2D eigenvalue weighted by Crippen LogP contribution is 2.43. The molecule has 1 atom stereocenters. The molecule has 1 heterocycles. The van der Waals surface area contributed by atoms with Crippen molar-refractivity contribution >= 4 is 11.8 Å². The van der Waals surface area contributed by atoms with E-state index in [0.29, 0.717) is 5.41 Å². The maximum Gasteiger partial charge on any atom is 0.0260 e. The lowest BCUT2D eigenvalue weighted by Gasteiger charge is -2.41. The van der Waals surface area contributed by atoms with Crippen molar-refractivity contribution in [2.75, 3.05) is 13.1 Å². The van der Waals surface area contributed by atoms with Crippen LogP contribution >= 0.6 is 11.8 Å². The second-order valence-corrected chi connectivity index (χ2v) is 7.23. The average molecular weight is 261 g/mol. The van der Waals surface area contributed by atoms with Crippen LogP contribution in [0.5, 0.6) is 0 Å². The molecule has 1 N–H and O–H groups in total. The number of benzene rings is 1. The van der Waals surface area contributed by atoms with Crippen LogP contribution in [0.3, 0.4) is 0 Å². The fourth-order valence-electron chi connectivity index (χ4n) is 3.20. The summed E-state index contributed by atoms with van der Waals surface area (Å²) in [5.74, 6) is 0. The van der Waals surface area contributed by atoms with Crippen molar-refractivity contribution in [1.82, 2.24) is 5.32 Å². The smallest absolute Gasteiger partial charge is 0.0260 e. The van der Waals surface area contributed by atoms with Gasteiger partial charge in [0.25, 0.3) is 0 Å². The molecule has 1 aromatic carbocycles. The average Bonchev–Trinajstić information content (AvgIpc) is 2.75. The van der Waals surface area contributed by atoms with E-state index in [2.05, 4.69) is 48.3 Å². The number of hydrogen-bond donors (Lipinski definition) is 1. The highest BCUT2D eigenvalue weighted by atomic mass is 32.2. The van der Waals surface area contributed by atoms with Gasteiger partial charge in [-0.1, -0.05) is 31.5 Å². The van der Waals surface area contributed by atoms with Crippen molar-refractivity contribution in [2.45, 2.75) is 49.2 Å². The van der Waals surface area contributed by atoms with Gasteiger partial charge in [0.05, 0.1) is 0 Å². The molecule has 2 heteroatoms. The van der Waals surface area contributed by atoms with Crippen LogP contribution in [0.15, 0.2) is 29.2 Å². The number of nitrogens with one attached hydrogen (secondary N) is 1. The molecular weight excluding hydrogens is 238 g/mol. The third-order valence-electron chi connectivity index (χ3n) is 4.75. The molecule has 1 saturated carbocycles. The van der Waals surface area contributed by atoms with E-state index in [-0.39, 0.29) is 0 Å². The summed E-state index contributed by atoms with van der Waals surface area (Å²) in [6, 6.07) is 8.86. The van der Waals surface area contributed by atoms with Crippen LogP contribution in [0.1, 0.15) is 38.2 Å². The molecule has 0 spiro atoms. The van der Waals surface area contributed by atoms with Crippen LogP contribution in [-0.4, -0.2) is 18.3 Å². The molecule has 1 aromatic rings. The van der Waals surface area contributed by atoms with Crippen LogP contribution in [0, 0.1) is 5.41 Å². The first-order chi connectivity index (χ1) is 8.81. The third-order valence-corrected chi connectivity index (χ3v) is 6.07. The lowest BCUT2D eigenvalue weighted by atomic mass is 9.67. The Morgan fingerprint density at radius 1 is 1.33 bits per heavy atom. The molecule has 0 aromatic heterocycles. The van der Waals surface area contributed by atoms with Crippen LogP contribution in [0.4, 0.5) is 0 Å². The van der Waals surface area contributed by atoms with E-state index in [4.69, 9.17) is 0 Å². The molecule has 98 valence electrons. The van der Waals surface area contributed by atoms with Crippen molar-refractivity contribution in [2.24, 2.45) is 5.41 Å². The van der Waals surface area contributed by atoms with Gasteiger partial charge in [-0.25, -0.2) is 0 Å². The SMILES string of the molecule is CCC1(CNCC2Cc3ccccc3S2)CCC1. The zero-order valence-electron chi connectivity index (χ0n) is 11.2. The second kappa shape index (κ2) is 5.26. The van der Waals surface area contributed by atoms with Gasteiger partial charge in [0.15, 0.2) is 0 Å². The predicted molar refractivity (Wildman–Crippen MR) is 79.2 cm³/mol. The zero-order valence-corrected chi connectivity index (χ0v) is 12.1. The van der Waals surface area contributed by atoms with Crippen LogP contribution in [-0.2, 0) is 6.42 Å². The Kier molecular flexibility index (Phi) is 3.67. The molecule has 1 fully saturated rings. The summed E-state index contributed by atoms with van der Waals surface area (Å²) in [7, 11) is 0. The molecule has 0 bridgehead atoms. The summed E-state index contributed by atoms with van der Waals surface area (Å²) in [5.41, 5.74) is 2.19. The minimum atomic E-state index is 0.649. The van der Waals surface area contributed by atoms with Crippen LogP contribution in [0.25, 0.3) is 0 Å². The summed E-state index contributed by atoms with van der Waals surface area (Å²) >= 11 is 2.06. The van der Waals surface area contributed by atoms with Gasteiger partial charge in [0.1, 0.15) is 0 Å². The molecule has 0 radical (unpaired) electrons. The molecule has 1 aliphatic heterocycles. The van der Waals surface area contributed by atoms with E-state index in [1.165, 1.54) is 50.1 Å². The van der Waals surface area contributed by atoms with Gasteiger partial charge in [-0.15, -0.1) is 11.8 Å². The first-order valence-corrected chi connectivity index (χ1v) is 8.15. The minimum absolute atomic E-state index is 0.649. The lowest BCUT2D eigenvalue weighted by molar-refractivity contribution is 0.124. The summed E-state index contributed by atoms with van der Waals surface area (Å²) in [6.07, 6.45) is 6.91. The number of fused-ring (bicyclic) bond motifs is 1. The summed E-state index contributed by atoms with van der Waals surface area (Å²) in [5, 5.41) is 4.48. The highest BCUT2D eigenvalue weighted by Gasteiger charge is 2.34. The normalized spacial score (nSPS) is 24.6. The molecule has 1 nitrogen and oxygen atoms in total. The van der Waals surface area contributed by atoms with E-state index >= 15 is 0 Å². The molecule has 2 aliphatic rings. The lowest BCUT2D eigenvalue weighted by Crippen LogP contribution is -2.41. The van der Waals surface area contributed by atoms with Crippen LogP contribution in [0.2, 0.25) is 0 Å². The molecule has 0 amide bonds. The van der Waals surface area contributed by atoms with Gasteiger partial charge in [-0.05, 0) is 42.7 Å². The van der Waals surface area contributed by atoms with E-state index in [1.54, 1.807) is 5.56 Å². The van der Waals surface area contributed by atoms with E-state index in [1.807, 2.05) is 0 Å². The highest BCUT2D eigenvalue weighted by molar-refractivity contribution is 8.00.